The number of thiophene rings is 2. The Morgan fingerprint density at radius 1 is 1.14 bits per heavy atom. The second kappa shape index (κ2) is 7.28. The predicted octanol–water partition coefficient (Wildman–Crippen LogP) is 6.11. The van der Waals surface area contributed by atoms with Gasteiger partial charge in [0.05, 0.1) is 10.4 Å². The molecule has 0 saturated heterocycles. The van der Waals surface area contributed by atoms with E-state index in [2.05, 4.69) is 35.8 Å². The summed E-state index contributed by atoms with van der Waals surface area (Å²) in [5.74, 6) is 0.883. The van der Waals surface area contributed by atoms with Crippen LogP contribution >= 0.6 is 34.3 Å². The maximum Gasteiger partial charge on any atom is 0.0931 e. The first-order valence-electron chi connectivity index (χ1n) is 7.77. The molecule has 1 aliphatic rings. The van der Waals surface area contributed by atoms with Gasteiger partial charge in [-0.05, 0) is 48.8 Å². The molecule has 114 valence electrons. The lowest BCUT2D eigenvalue weighted by molar-refractivity contribution is 0.424. The molecule has 21 heavy (non-hydrogen) atoms. The fourth-order valence-electron chi connectivity index (χ4n) is 3.13. The first-order chi connectivity index (χ1) is 10.2. The minimum absolute atomic E-state index is 0.306. The van der Waals surface area contributed by atoms with Crippen LogP contribution in [0.15, 0.2) is 29.6 Å². The van der Waals surface area contributed by atoms with Gasteiger partial charge in [0.2, 0.25) is 0 Å². The van der Waals surface area contributed by atoms with Crippen molar-refractivity contribution in [1.82, 2.24) is 5.32 Å². The van der Waals surface area contributed by atoms with E-state index in [1.165, 1.54) is 41.9 Å². The first-order valence-corrected chi connectivity index (χ1v) is 9.84. The molecule has 0 aromatic carbocycles. The van der Waals surface area contributed by atoms with E-state index < -0.39 is 0 Å². The summed E-state index contributed by atoms with van der Waals surface area (Å²) in [6.45, 7) is 2.39. The highest BCUT2D eigenvalue weighted by Crippen LogP contribution is 2.34. The van der Waals surface area contributed by atoms with Gasteiger partial charge in [-0.3, -0.25) is 0 Å². The fraction of sp³-hybridized carbons (Fsp3) is 0.529. The van der Waals surface area contributed by atoms with E-state index in [1.54, 1.807) is 11.3 Å². The average molecular weight is 340 g/mol. The van der Waals surface area contributed by atoms with Gasteiger partial charge in [0.15, 0.2) is 0 Å². The molecule has 2 aromatic heterocycles. The lowest BCUT2D eigenvalue weighted by atomic mass is 10.0. The summed E-state index contributed by atoms with van der Waals surface area (Å²) in [5.41, 5.74) is 0. The van der Waals surface area contributed by atoms with E-state index >= 15 is 0 Å². The van der Waals surface area contributed by atoms with Gasteiger partial charge in [-0.15, -0.1) is 22.7 Å². The Balaban J connectivity index is 1.76. The standard InChI is InChI=1S/C17H22ClNS2/c1-12-4-2-5-13(8-7-12)19-17(14-6-3-11-20-14)15-9-10-16(18)21-15/h3,6,9-13,17,19H,2,4-5,7-8H2,1H3. The van der Waals surface area contributed by atoms with Gasteiger partial charge >= 0.3 is 0 Å². The molecule has 3 atom stereocenters. The molecule has 3 unspecified atom stereocenters. The molecule has 3 rings (SSSR count). The quantitative estimate of drug-likeness (QED) is 0.662. The SMILES string of the molecule is CC1CCCC(NC(c2cccs2)c2ccc(Cl)s2)CC1. The molecule has 2 aromatic rings. The van der Waals surface area contributed by atoms with Gasteiger partial charge in [-0.1, -0.05) is 37.4 Å². The lowest BCUT2D eigenvalue weighted by Gasteiger charge is -2.23. The Hall–Kier alpha value is -0.350. The minimum Gasteiger partial charge on any atom is -0.302 e. The van der Waals surface area contributed by atoms with Crippen LogP contribution in [0.4, 0.5) is 0 Å². The zero-order chi connectivity index (χ0) is 14.7. The Kier molecular flexibility index (Phi) is 5.38. The molecule has 0 spiro atoms. The van der Waals surface area contributed by atoms with Crippen LogP contribution in [0.3, 0.4) is 0 Å². The van der Waals surface area contributed by atoms with Crippen molar-refractivity contribution >= 4 is 34.3 Å². The zero-order valence-electron chi connectivity index (χ0n) is 12.3. The molecule has 1 saturated carbocycles. The Morgan fingerprint density at radius 2 is 2.05 bits per heavy atom. The third-order valence-corrected chi connectivity index (χ3v) is 6.60. The van der Waals surface area contributed by atoms with Gasteiger partial charge in [0, 0.05) is 15.8 Å². The van der Waals surface area contributed by atoms with E-state index in [0.717, 1.165) is 10.3 Å². The fourth-order valence-corrected chi connectivity index (χ4v) is 5.15. The van der Waals surface area contributed by atoms with Gasteiger partial charge in [-0.25, -0.2) is 0 Å². The van der Waals surface area contributed by atoms with E-state index in [0.29, 0.717) is 12.1 Å². The summed E-state index contributed by atoms with van der Waals surface area (Å²) < 4.78 is 0.878. The highest BCUT2D eigenvalue weighted by Gasteiger charge is 2.23. The number of rotatable bonds is 4. The molecule has 1 aliphatic carbocycles. The van der Waals surface area contributed by atoms with E-state index in [1.807, 2.05) is 17.4 Å². The van der Waals surface area contributed by atoms with Gasteiger partial charge in [-0.2, -0.15) is 0 Å². The number of halogens is 1. The summed E-state index contributed by atoms with van der Waals surface area (Å²) in [5, 5.41) is 6.07. The summed E-state index contributed by atoms with van der Waals surface area (Å²) in [6, 6.07) is 9.49. The third kappa shape index (κ3) is 4.10. The first kappa shape index (κ1) is 15.5. The molecule has 1 fully saturated rings. The molecule has 1 nitrogen and oxygen atoms in total. The zero-order valence-corrected chi connectivity index (χ0v) is 14.7. The second-order valence-electron chi connectivity index (χ2n) is 6.07. The van der Waals surface area contributed by atoms with E-state index in [-0.39, 0.29) is 0 Å². The molecular formula is C17H22ClNS2. The summed E-state index contributed by atoms with van der Waals surface area (Å²) in [4.78, 5) is 2.73. The third-order valence-electron chi connectivity index (χ3n) is 4.37. The van der Waals surface area contributed by atoms with Gasteiger partial charge in [0.1, 0.15) is 0 Å². The van der Waals surface area contributed by atoms with Crippen LogP contribution in [-0.4, -0.2) is 6.04 Å². The Labute approximate surface area is 140 Å². The van der Waals surface area contributed by atoms with Crippen LogP contribution < -0.4 is 5.32 Å². The Morgan fingerprint density at radius 3 is 2.76 bits per heavy atom. The molecule has 0 bridgehead atoms. The van der Waals surface area contributed by atoms with E-state index in [9.17, 15) is 0 Å². The van der Waals surface area contributed by atoms with Crippen molar-refractivity contribution in [2.75, 3.05) is 0 Å². The maximum absolute atomic E-state index is 6.15. The van der Waals surface area contributed by atoms with Crippen molar-refractivity contribution in [1.29, 1.82) is 0 Å². The molecule has 2 heterocycles. The predicted molar refractivity (Wildman–Crippen MR) is 94.7 cm³/mol. The molecule has 0 radical (unpaired) electrons. The number of nitrogens with one attached hydrogen (secondary N) is 1. The minimum atomic E-state index is 0.306. The van der Waals surface area contributed by atoms with Crippen LogP contribution in [0.5, 0.6) is 0 Å². The van der Waals surface area contributed by atoms with Crippen LogP contribution in [0, 0.1) is 5.92 Å². The average Bonchev–Trinajstić information content (AvgIpc) is 3.09. The van der Waals surface area contributed by atoms with Crippen molar-refractivity contribution < 1.29 is 0 Å². The largest absolute Gasteiger partial charge is 0.302 e. The molecule has 1 N–H and O–H groups in total. The molecular weight excluding hydrogens is 318 g/mol. The van der Waals surface area contributed by atoms with Crippen molar-refractivity contribution in [2.24, 2.45) is 5.92 Å². The smallest absolute Gasteiger partial charge is 0.0931 e. The second-order valence-corrected chi connectivity index (χ2v) is 8.79. The van der Waals surface area contributed by atoms with Crippen LogP contribution in [0.1, 0.15) is 54.8 Å². The highest BCUT2D eigenvalue weighted by atomic mass is 35.5. The highest BCUT2D eigenvalue weighted by molar-refractivity contribution is 7.16. The summed E-state index contributed by atoms with van der Waals surface area (Å²) in [6.07, 6.45) is 6.67. The molecule has 0 amide bonds. The van der Waals surface area contributed by atoms with Crippen molar-refractivity contribution in [2.45, 2.75) is 51.1 Å². The van der Waals surface area contributed by atoms with Gasteiger partial charge in [0.25, 0.3) is 0 Å². The monoisotopic (exact) mass is 339 g/mol. The van der Waals surface area contributed by atoms with Gasteiger partial charge < -0.3 is 5.32 Å². The van der Waals surface area contributed by atoms with Crippen molar-refractivity contribution in [3.63, 3.8) is 0 Å². The topological polar surface area (TPSA) is 12.0 Å². The van der Waals surface area contributed by atoms with Crippen molar-refractivity contribution in [3.05, 3.63) is 43.7 Å². The van der Waals surface area contributed by atoms with E-state index in [4.69, 9.17) is 11.6 Å². The van der Waals surface area contributed by atoms with Crippen LogP contribution in [0.2, 0.25) is 4.34 Å². The normalized spacial score (nSPS) is 24.7. The lowest BCUT2D eigenvalue weighted by Crippen LogP contribution is -2.32. The van der Waals surface area contributed by atoms with Crippen LogP contribution in [0.25, 0.3) is 0 Å². The van der Waals surface area contributed by atoms with Crippen LogP contribution in [-0.2, 0) is 0 Å². The maximum atomic E-state index is 6.15. The Bertz CT molecular complexity index is 549. The molecule has 4 heteroatoms. The molecule has 0 aliphatic heterocycles. The summed E-state index contributed by atoms with van der Waals surface area (Å²) >= 11 is 9.68. The van der Waals surface area contributed by atoms with Crippen molar-refractivity contribution in [3.8, 4) is 0 Å². The number of hydrogen-bond acceptors (Lipinski definition) is 3. The number of hydrogen-bond donors (Lipinski definition) is 1. The summed E-state index contributed by atoms with van der Waals surface area (Å²) in [7, 11) is 0.